The fourth-order valence-electron chi connectivity index (χ4n) is 3.30. The van der Waals surface area contributed by atoms with Gasteiger partial charge in [0, 0.05) is 12.0 Å². The second kappa shape index (κ2) is 9.40. The third-order valence-corrected chi connectivity index (χ3v) is 6.43. The van der Waals surface area contributed by atoms with Crippen molar-refractivity contribution in [1.29, 1.82) is 0 Å². The number of halogens is 1. The van der Waals surface area contributed by atoms with Crippen molar-refractivity contribution in [2.24, 2.45) is 0 Å². The quantitative estimate of drug-likeness (QED) is 0.374. The van der Waals surface area contributed by atoms with E-state index in [1.807, 2.05) is 12.1 Å². The van der Waals surface area contributed by atoms with Gasteiger partial charge in [0.1, 0.15) is 18.6 Å². The molecular weight excluding hydrogens is 388 g/mol. The van der Waals surface area contributed by atoms with Gasteiger partial charge in [-0.15, -0.1) is 11.3 Å². The first-order chi connectivity index (χ1) is 13.5. The number of ether oxygens (including phenoxy) is 1. The molecule has 0 saturated heterocycles. The third kappa shape index (κ3) is 4.65. The molecule has 0 bridgehead atoms. The van der Waals surface area contributed by atoms with Gasteiger partial charge < -0.3 is 9.53 Å². The Labute approximate surface area is 176 Å². The summed E-state index contributed by atoms with van der Waals surface area (Å²) in [6, 6.07) is 14.7. The van der Waals surface area contributed by atoms with Gasteiger partial charge >= 0.3 is 0 Å². The van der Waals surface area contributed by atoms with Crippen LogP contribution in [0.15, 0.2) is 42.5 Å². The molecule has 146 valence electrons. The molecule has 0 aliphatic heterocycles. The maximum atomic E-state index is 10.7. The molecule has 0 aliphatic carbocycles. The minimum absolute atomic E-state index is 0.482. The number of thiophene rings is 1. The molecule has 0 spiro atoms. The lowest BCUT2D eigenvalue weighted by Gasteiger charge is -2.14. The number of carbonyl (C=O) groups is 1. The Morgan fingerprint density at radius 2 is 1.82 bits per heavy atom. The van der Waals surface area contributed by atoms with E-state index in [2.05, 4.69) is 51.1 Å². The van der Waals surface area contributed by atoms with Crippen LogP contribution in [-0.2, 0) is 24.2 Å². The van der Waals surface area contributed by atoms with Crippen LogP contribution in [0.1, 0.15) is 40.5 Å². The number of aldehydes is 1. The van der Waals surface area contributed by atoms with Crippen LogP contribution >= 0.6 is 22.9 Å². The summed E-state index contributed by atoms with van der Waals surface area (Å²) >= 11 is 7.88. The van der Waals surface area contributed by atoms with E-state index in [1.165, 1.54) is 16.7 Å². The van der Waals surface area contributed by atoms with Crippen molar-refractivity contribution in [3.05, 3.63) is 73.9 Å². The van der Waals surface area contributed by atoms with Gasteiger partial charge in [-0.05, 0) is 66.6 Å². The Bertz CT molecular complexity index is 957. The van der Waals surface area contributed by atoms with E-state index < -0.39 is 0 Å². The highest BCUT2D eigenvalue weighted by Crippen LogP contribution is 2.36. The minimum atomic E-state index is 0.482. The first kappa shape index (κ1) is 20.6. The zero-order valence-corrected chi connectivity index (χ0v) is 18.1. The van der Waals surface area contributed by atoms with Crippen LogP contribution in [0.25, 0.3) is 11.1 Å². The molecule has 1 heterocycles. The molecule has 0 unspecified atom stereocenters. The number of aryl methyl sites for hydroxylation is 2. The van der Waals surface area contributed by atoms with Crippen molar-refractivity contribution in [1.82, 2.24) is 0 Å². The van der Waals surface area contributed by atoms with Crippen LogP contribution in [0.4, 0.5) is 0 Å². The Balaban J connectivity index is 1.80. The van der Waals surface area contributed by atoms with Gasteiger partial charge in [-0.3, -0.25) is 0 Å². The van der Waals surface area contributed by atoms with Crippen molar-refractivity contribution in [2.45, 2.75) is 46.6 Å². The van der Waals surface area contributed by atoms with Crippen LogP contribution in [0, 0.1) is 13.8 Å². The summed E-state index contributed by atoms with van der Waals surface area (Å²) in [4.78, 5) is 11.8. The molecule has 2 nitrogen and oxygen atoms in total. The van der Waals surface area contributed by atoms with Gasteiger partial charge in [0.2, 0.25) is 0 Å². The lowest BCUT2D eigenvalue weighted by molar-refractivity contribution is -0.107. The molecule has 1 aromatic heterocycles. The molecule has 0 N–H and O–H groups in total. The van der Waals surface area contributed by atoms with Crippen LogP contribution in [0.3, 0.4) is 0 Å². The first-order valence-electron chi connectivity index (χ1n) is 9.56. The Kier molecular flexibility index (Phi) is 6.93. The van der Waals surface area contributed by atoms with E-state index in [0.717, 1.165) is 50.8 Å². The van der Waals surface area contributed by atoms with Crippen LogP contribution in [-0.4, -0.2) is 6.29 Å². The third-order valence-electron chi connectivity index (χ3n) is 5.19. The molecule has 0 atom stereocenters. The van der Waals surface area contributed by atoms with Crippen molar-refractivity contribution in [3.8, 4) is 16.9 Å². The minimum Gasteiger partial charge on any atom is -0.488 e. The molecule has 0 saturated carbocycles. The maximum Gasteiger partial charge on any atom is 0.123 e. The second-order valence-electron chi connectivity index (χ2n) is 6.90. The van der Waals surface area contributed by atoms with Crippen molar-refractivity contribution in [2.75, 3.05) is 0 Å². The highest BCUT2D eigenvalue weighted by molar-refractivity contribution is 7.16. The normalized spacial score (nSPS) is 10.9. The van der Waals surface area contributed by atoms with E-state index in [-0.39, 0.29) is 0 Å². The fourth-order valence-corrected chi connectivity index (χ4v) is 4.51. The zero-order valence-electron chi connectivity index (χ0n) is 16.5. The van der Waals surface area contributed by atoms with Gasteiger partial charge in [-0.2, -0.15) is 0 Å². The van der Waals surface area contributed by atoms with E-state index in [4.69, 9.17) is 16.3 Å². The molecule has 4 heteroatoms. The SMILES string of the molecule is CCc1ccc(-c2cc(Cl)sc2COc2ccc(CCC=O)c(C)c2C)cc1. The number of hydrogen-bond donors (Lipinski definition) is 0. The van der Waals surface area contributed by atoms with E-state index in [0.29, 0.717) is 13.0 Å². The summed E-state index contributed by atoms with van der Waals surface area (Å²) in [5.74, 6) is 0.879. The monoisotopic (exact) mass is 412 g/mol. The van der Waals surface area contributed by atoms with Crippen LogP contribution < -0.4 is 4.74 Å². The average Bonchev–Trinajstić information content (AvgIpc) is 3.09. The fraction of sp³-hybridized carbons (Fsp3) is 0.292. The van der Waals surface area contributed by atoms with Gasteiger partial charge in [-0.25, -0.2) is 0 Å². The molecule has 3 rings (SSSR count). The largest absolute Gasteiger partial charge is 0.488 e. The lowest BCUT2D eigenvalue weighted by atomic mass is 9.99. The van der Waals surface area contributed by atoms with Crippen LogP contribution in [0.2, 0.25) is 4.34 Å². The van der Waals surface area contributed by atoms with Crippen molar-refractivity contribution < 1.29 is 9.53 Å². The maximum absolute atomic E-state index is 10.7. The molecule has 2 aromatic carbocycles. The summed E-state index contributed by atoms with van der Waals surface area (Å²) in [5, 5.41) is 0. The summed E-state index contributed by atoms with van der Waals surface area (Å²) < 4.78 is 6.93. The van der Waals surface area contributed by atoms with Crippen LogP contribution in [0.5, 0.6) is 5.75 Å². The highest BCUT2D eigenvalue weighted by atomic mass is 35.5. The van der Waals surface area contributed by atoms with E-state index in [9.17, 15) is 4.79 Å². The number of rotatable bonds is 8. The standard InChI is InChI=1S/C24H25ClO2S/c1-4-18-7-9-20(10-8-18)21-14-24(25)28-23(21)15-27-22-12-11-19(6-5-13-26)16(2)17(22)3/h7-14H,4-6,15H2,1-3H3. The summed E-state index contributed by atoms with van der Waals surface area (Å²) in [5.41, 5.74) is 7.14. The van der Waals surface area contributed by atoms with Crippen molar-refractivity contribution in [3.63, 3.8) is 0 Å². The molecule has 3 aromatic rings. The van der Waals surface area contributed by atoms with E-state index >= 15 is 0 Å². The Morgan fingerprint density at radius 3 is 2.50 bits per heavy atom. The average molecular weight is 413 g/mol. The summed E-state index contributed by atoms with van der Waals surface area (Å²) in [6.07, 6.45) is 3.32. The van der Waals surface area contributed by atoms with E-state index in [1.54, 1.807) is 11.3 Å². The molecule has 28 heavy (non-hydrogen) atoms. The van der Waals surface area contributed by atoms with Crippen molar-refractivity contribution >= 4 is 29.2 Å². The molecule has 0 radical (unpaired) electrons. The zero-order chi connectivity index (χ0) is 20.1. The Morgan fingerprint density at radius 1 is 1.07 bits per heavy atom. The van der Waals surface area contributed by atoms with Gasteiger partial charge in [-0.1, -0.05) is 48.9 Å². The lowest BCUT2D eigenvalue weighted by Crippen LogP contribution is -2.00. The van der Waals surface area contributed by atoms with Gasteiger partial charge in [0.05, 0.1) is 9.21 Å². The molecule has 0 amide bonds. The first-order valence-corrected chi connectivity index (χ1v) is 10.8. The van der Waals surface area contributed by atoms with Gasteiger partial charge in [0.25, 0.3) is 0 Å². The van der Waals surface area contributed by atoms with Gasteiger partial charge in [0.15, 0.2) is 0 Å². The Hall–Kier alpha value is -2.10. The second-order valence-corrected chi connectivity index (χ2v) is 8.67. The smallest absolute Gasteiger partial charge is 0.123 e. The topological polar surface area (TPSA) is 26.3 Å². The summed E-state index contributed by atoms with van der Waals surface area (Å²) in [7, 11) is 0. The molecule has 0 fully saturated rings. The predicted octanol–water partition coefficient (Wildman–Crippen LogP) is 6.96. The number of hydrogen-bond acceptors (Lipinski definition) is 3. The molecule has 0 aliphatic rings. The molecular formula is C24H25ClO2S. The number of carbonyl (C=O) groups excluding carboxylic acids is 1. The predicted molar refractivity (Wildman–Crippen MR) is 119 cm³/mol. The summed E-state index contributed by atoms with van der Waals surface area (Å²) in [6.45, 7) is 6.80. The number of benzene rings is 2. The highest BCUT2D eigenvalue weighted by Gasteiger charge is 2.13.